The summed E-state index contributed by atoms with van der Waals surface area (Å²) >= 11 is 2.77. The highest BCUT2D eigenvalue weighted by Crippen LogP contribution is 2.21. The van der Waals surface area contributed by atoms with E-state index in [-0.39, 0.29) is 5.91 Å². The third-order valence-electron chi connectivity index (χ3n) is 1.90. The number of carbonyl (C=O) groups is 1. The molecule has 0 aromatic carbocycles. The third-order valence-corrected chi connectivity index (χ3v) is 3.85. The second-order valence-corrected chi connectivity index (χ2v) is 4.93. The van der Waals surface area contributed by atoms with Gasteiger partial charge in [-0.25, -0.2) is 10.8 Å². The van der Waals surface area contributed by atoms with Crippen LogP contribution in [0, 0.1) is 0 Å². The lowest BCUT2D eigenvalue weighted by Crippen LogP contribution is -2.29. The number of thiazole rings is 1. The molecule has 0 radical (unpaired) electrons. The van der Waals surface area contributed by atoms with Crippen LogP contribution < -0.4 is 11.3 Å². The van der Waals surface area contributed by atoms with Crippen molar-refractivity contribution < 1.29 is 4.79 Å². The molecule has 3 N–H and O–H groups in total. The SMILES string of the molecule is Cn1cnnc1SCc1csc(C(=O)NN)n1. The standard InChI is InChI=1S/C8H10N6OS2/c1-14-4-10-13-8(14)17-3-5-2-16-7(11-5)6(15)12-9/h2,4H,3,9H2,1H3,(H,12,15). The van der Waals surface area contributed by atoms with E-state index < -0.39 is 0 Å². The quantitative estimate of drug-likeness (QED) is 0.355. The van der Waals surface area contributed by atoms with E-state index in [4.69, 9.17) is 5.84 Å². The summed E-state index contributed by atoms with van der Waals surface area (Å²) in [7, 11) is 1.87. The van der Waals surface area contributed by atoms with Crippen LogP contribution in [-0.4, -0.2) is 25.7 Å². The van der Waals surface area contributed by atoms with Gasteiger partial charge in [0.05, 0.1) is 5.69 Å². The zero-order chi connectivity index (χ0) is 12.3. The van der Waals surface area contributed by atoms with Crippen molar-refractivity contribution in [2.75, 3.05) is 0 Å². The molecule has 1 amide bonds. The van der Waals surface area contributed by atoms with E-state index in [1.54, 1.807) is 6.33 Å². The monoisotopic (exact) mass is 270 g/mol. The Morgan fingerprint density at radius 2 is 2.53 bits per heavy atom. The lowest BCUT2D eigenvalue weighted by molar-refractivity contribution is 0.0953. The summed E-state index contributed by atoms with van der Waals surface area (Å²) in [6.07, 6.45) is 1.64. The molecule has 2 rings (SSSR count). The van der Waals surface area contributed by atoms with Crippen molar-refractivity contribution in [2.24, 2.45) is 12.9 Å². The van der Waals surface area contributed by atoms with Crippen molar-refractivity contribution in [3.8, 4) is 0 Å². The predicted octanol–water partition coefficient (Wildman–Crippen LogP) is 0.167. The summed E-state index contributed by atoms with van der Waals surface area (Å²) in [6.45, 7) is 0. The van der Waals surface area contributed by atoms with Crippen LogP contribution in [0.15, 0.2) is 16.9 Å². The summed E-state index contributed by atoms with van der Waals surface area (Å²) in [5, 5.41) is 10.7. The van der Waals surface area contributed by atoms with Gasteiger partial charge in [0.15, 0.2) is 10.2 Å². The number of rotatable bonds is 4. The zero-order valence-electron chi connectivity index (χ0n) is 8.95. The average Bonchev–Trinajstić information content (AvgIpc) is 2.94. The molecule has 0 atom stereocenters. The Morgan fingerprint density at radius 1 is 1.71 bits per heavy atom. The van der Waals surface area contributed by atoms with Crippen LogP contribution in [-0.2, 0) is 12.8 Å². The van der Waals surface area contributed by atoms with E-state index in [1.807, 2.05) is 22.4 Å². The van der Waals surface area contributed by atoms with Gasteiger partial charge in [-0.15, -0.1) is 21.5 Å². The second kappa shape index (κ2) is 5.25. The van der Waals surface area contributed by atoms with Crippen molar-refractivity contribution in [3.63, 3.8) is 0 Å². The molecule has 90 valence electrons. The number of nitrogens with zero attached hydrogens (tertiary/aromatic N) is 4. The lowest BCUT2D eigenvalue weighted by Gasteiger charge is -1.97. The summed E-state index contributed by atoms with van der Waals surface area (Å²) < 4.78 is 1.82. The Balaban J connectivity index is 1.98. The Morgan fingerprint density at radius 3 is 3.18 bits per heavy atom. The molecule has 0 aliphatic carbocycles. The maximum atomic E-state index is 11.2. The topological polar surface area (TPSA) is 98.7 Å². The van der Waals surface area contributed by atoms with Crippen LogP contribution in [0.2, 0.25) is 0 Å². The van der Waals surface area contributed by atoms with E-state index in [0.29, 0.717) is 10.8 Å². The number of hydrogen-bond acceptors (Lipinski definition) is 7. The molecule has 0 aliphatic heterocycles. The van der Waals surface area contributed by atoms with E-state index in [2.05, 4.69) is 15.2 Å². The zero-order valence-corrected chi connectivity index (χ0v) is 10.6. The number of hydrazine groups is 1. The number of carbonyl (C=O) groups excluding carboxylic acids is 1. The van der Waals surface area contributed by atoms with E-state index in [0.717, 1.165) is 10.9 Å². The minimum Gasteiger partial charge on any atom is -0.312 e. The number of nitrogens with two attached hydrogens (primary N) is 1. The van der Waals surface area contributed by atoms with Crippen molar-refractivity contribution in [2.45, 2.75) is 10.9 Å². The van der Waals surface area contributed by atoms with Crippen molar-refractivity contribution >= 4 is 29.0 Å². The molecule has 0 fully saturated rings. The molecule has 2 aromatic rings. The fraction of sp³-hybridized carbons (Fsp3) is 0.250. The molecule has 0 unspecified atom stereocenters. The number of nitrogen functional groups attached to an aromatic ring is 1. The third kappa shape index (κ3) is 2.81. The van der Waals surface area contributed by atoms with Crippen LogP contribution >= 0.6 is 23.1 Å². The number of hydrogen-bond donors (Lipinski definition) is 2. The van der Waals surface area contributed by atoms with Gasteiger partial charge in [-0.3, -0.25) is 10.2 Å². The molecular weight excluding hydrogens is 260 g/mol. The van der Waals surface area contributed by atoms with Gasteiger partial charge >= 0.3 is 0 Å². The summed E-state index contributed by atoms with van der Waals surface area (Å²) in [4.78, 5) is 15.4. The Hall–Kier alpha value is -1.45. The van der Waals surface area contributed by atoms with Crippen LogP contribution in [0.3, 0.4) is 0 Å². The summed E-state index contributed by atoms with van der Waals surface area (Å²) in [5.41, 5.74) is 2.87. The maximum Gasteiger partial charge on any atom is 0.294 e. The number of amides is 1. The van der Waals surface area contributed by atoms with Crippen LogP contribution in [0.4, 0.5) is 0 Å². The highest BCUT2D eigenvalue weighted by molar-refractivity contribution is 7.98. The minimum absolute atomic E-state index is 0.362. The van der Waals surface area contributed by atoms with Crippen LogP contribution in [0.5, 0.6) is 0 Å². The first-order valence-corrected chi connectivity index (χ1v) is 6.49. The first-order valence-electron chi connectivity index (χ1n) is 4.63. The maximum absolute atomic E-state index is 11.2. The summed E-state index contributed by atoms with van der Waals surface area (Å²) in [5.74, 6) is 5.29. The van der Waals surface area contributed by atoms with Gasteiger partial charge in [-0.2, -0.15) is 0 Å². The van der Waals surface area contributed by atoms with Gasteiger partial charge in [0, 0.05) is 18.2 Å². The number of thioether (sulfide) groups is 1. The van der Waals surface area contributed by atoms with Gasteiger partial charge in [-0.1, -0.05) is 11.8 Å². The smallest absolute Gasteiger partial charge is 0.294 e. The van der Waals surface area contributed by atoms with E-state index >= 15 is 0 Å². The number of nitrogens with one attached hydrogen (secondary N) is 1. The number of aromatic nitrogens is 4. The van der Waals surface area contributed by atoms with Gasteiger partial charge in [0.1, 0.15) is 6.33 Å². The van der Waals surface area contributed by atoms with Gasteiger partial charge in [-0.05, 0) is 0 Å². The van der Waals surface area contributed by atoms with Crippen molar-refractivity contribution in [1.29, 1.82) is 0 Å². The molecule has 17 heavy (non-hydrogen) atoms. The van der Waals surface area contributed by atoms with Crippen LogP contribution in [0.1, 0.15) is 15.5 Å². The second-order valence-electron chi connectivity index (χ2n) is 3.13. The molecule has 0 aliphatic rings. The summed E-state index contributed by atoms with van der Waals surface area (Å²) in [6, 6.07) is 0. The fourth-order valence-electron chi connectivity index (χ4n) is 1.08. The van der Waals surface area contributed by atoms with Crippen LogP contribution in [0.25, 0.3) is 0 Å². The highest BCUT2D eigenvalue weighted by Gasteiger charge is 2.10. The molecule has 9 heteroatoms. The van der Waals surface area contributed by atoms with E-state index in [9.17, 15) is 4.79 Å². The highest BCUT2D eigenvalue weighted by atomic mass is 32.2. The molecular formula is C8H10N6OS2. The Kier molecular flexibility index (Phi) is 3.71. The molecule has 0 bridgehead atoms. The fourth-order valence-corrected chi connectivity index (χ4v) is 2.69. The molecule has 2 aromatic heterocycles. The van der Waals surface area contributed by atoms with Gasteiger partial charge < -0.3 is 4.57 Å². The lowest BCUT2D eigenvalue weighted by atomic mass is 10.5. The Bertz CT molecular complexity index is 522. The van der Waals surface area contributed by atoms with E-state index in [1.165, 1.54) is 23.1 Å². The van der Waals surface area contributed by atoms with Gasteiger partial charge in [0.25, 0.3) is 5.91 Å². The van der Waals surface area contributed by atoms with Crippen molar-refractivity contribution in [1.82, 2.24) is 25.2 Å². The van der Waals surface area contributed by atoms with Crippen molar-refractivity contribution in [3.05, 3.63) is 22.4 Å². The molecule has 7 nitrogen and oxygen atoms in total. The Labute approximate surface area is 105 Å². The van der Waals surface area contributed by atoms with Gasteiger partial charge in [0.2, 0.25) is 0 Å². The minimum atomic E-state index is -0.370. The molecule has 0 saturated carbocycles. The molecule has 0 spiro atoms. The average molecular weight is 270 g/mol. The number of aryl methyl sites for hydroxylation is 1. The molecule has 0 saturated heterocycles. The normalized spacial score (nSPS) is 10.5. The largest absolute Gasteiger partial charge is 0.312 e. The first-order chi connectivity index (χ1) is 8.20. The first kappa shape index (κ1) is 12.0. The predicted molar refractivity (Wildman–Crippen MR) is 64.3 cm³/mol. The molecule has 2 heterocycles.